The Hall–Kier alpha value is -1.85. The van der Waals surface area contributed by atoms with E-state index >= 15 is 0 Å². The lowest BCUT2D eigenvalue weighted by atomic mass is 9.95. The highest BCUT2D eigenvalue weighted by Crippen LogP contribution is 2.39. The van der Waals surface area contributed by atoms with Gasteiger partial charge in [-0.1, -0.05) is 46.3 Å². The van der Waals surface area contributed by atoms with Crippen molar-refractivity contribution in [3.63, 3.8) is 0 Å². The second-order valence-corrected chi connectivity index (χ2v) is 6.85. The van der Waals surface area contributed by atoms with Crippen LogP contribution in [0.3, 0.4) is 0 Å². The number of carboxylic acid groups (broad SMARTS) is 1. The van der Waals surface area contributed by atoms with Gasteiger partial charge in [-0.3, -0.25) is 9.69 Å². The zero-order valence-electron chi connectivity index (χ0n) is 13.5. The molecule has 5 heteroatoms. The van der Waals surface area contributed by atoms with Crippen LogP contribution in [0.5, 0.6) is 5.75 Å². The number of carboxylic acids is 1. The van der Waals surface area contributed by atoms with Crippen LogP contribution in [0.2, 0.25) is 0 Å². The molecular formula is C19H20BrNO3. The Balaban J connectivity index is 2.10. The molecule has 1 aliphatic heterocycles. The minimum absolute atomic E-state index is 0.141. The lowest BCUT2D eigenvalue weighted by molar-refractivity contribution is -0.142. The highest BCUT2D eigenvalue weighted by molar-refractivity contribution is 9.10. The number of rotatable bonds is 5. The molecule has 1 saturated heterocycles. The molecule has 24 heavy (non-hydrogen) atoms. The summed E-state index contributed by atoms with van der Waals surface area (Å²) in [6, 6.07) is 15.3. The van der Waals surface area contributed by atoms with E-state index in [2.05, 4.69) is 20.8 Å². The lowest BCUT2D eigenvalue weighted by Crippen LogP contribution is -2.39. The zero-order valence-corrected chi connectivity index (χ0v) is 15.1. The van der Waals surface area contributed by atoms with Crippen LogP contribution in [-0.4, -0.2) is 35.7 Å². The van der Waals surface area contributed by atoms with E-state index in [4.69, 9.17) is 4.74 Å². The number of ether oxygens (including phenoxy) is 1. The maximum atomic E-state index is 11.7. The third-order valence-electron chi connectivity index (χ3n) is 4.53. The van der Waals surface area contributed by atoms with Gasteiger partial charge in [0.05, 0.1) is 13.2 Å². The fraction of sp³-hybridized carbons (Fsp3) is 0.316. The Labute approximate surface area is 150 Å². The Kier molecular flexibility index (Phi) is 5.21. The van der Waals surface area contributed by atoms with Crippen LogP contribution in [-0.2, 0) is 4.79 Å². The Bertz CT molecular complexity index is 717. The summed E-state index contributed by atoms with van der Waals surface area (Å²) in [7, 11) is 1.65. The van der Waals surface area contributed by atoms with Gasteiger partial charge in [0, 0.05) is 16.6 Å². The number of benzene rings is 2. The second-order valence-electron chi connectivity index (χ2n) is 5.93. The van der Waals surface area contributed by atoms with E-state index < -0.39 is 12.0 Å². The topological polar surface area (TPSA) is 49.8 Å². The first-order valence-electron chi connectivity index (χ1n) is 7.98. The fourth-order valence-electron chi connectivity index (χ4n) is 3.45. The molecule has 0 amide bonds. The van der Waals surface area contributed by atoms with Crippen LogP contribution in [0.4, 0.5) is 0 Å². The maximum absolute atomic E-state index is 11.7. The van der Waals surface area contributed by atoms with Gasteiger partial charge in [0.1, 0.15) is 11.8 Å². The highest BCUT2D eigenvalue weighted by atomic mass is 79.9. The standard InChI is InChI=1S/C19H20BrNO3/c1-24-17-7-3-2-5-15(17)18(13-8-10-14(20)11-9-13)21-12-4-6-16(21)19(22)23/h2-3,5,7-11,16,18H,4,6,12H2,1H3,(H,22,23). The first-order chi connectivity index (χ1) is 11.6. The molecule has 2 aromatic carbocycles. The number of para-hydroxylation sites is 1. The van der Waals surface area contributed by atoms with E-state index in [0.29, 0.717) is 6.42 Å². The van der Waals surface area contributed by atoms with Crippen molar-refractivity contribution in [1.29, 1.82) is 0 Å². The summed E-state index contributed by atoms with van der Waals surface area (Å²) < 4.78 is 6.54. The summed E-state index contributed by atoms with van der Waals surface area (Å²) >= 11 is 3.47. The minimum Gasteiger partial charge on any atom is -0.496 e. The molecule has 3 rings (SSSR count). The van der Waals surface area contributed by atoms with Crippen molar-refractivity contribution in [2.75, 3.05) is 13.7 Å². The Morgan fingerprint density at radius 3 is 2.62 bits per heavy atom. The molecule has 2 atom stereocenters. The molecular weight excluding hydrogens is 370 g/mol. The molecule has 0 aliphatic carbocycles. The molecule has 0 radical (unpaired) electrons. The van der Waals surface area contributed by atoms with Crippen molar-refractivity contribution in [2.24, 2.45) is 0 Å². The van der Waals surface area contributed by atoms with Gasteiger partial charge in [0.2, 0.25) is 0 Å². The molecule has 1 fully saturated rings. The smallest absolute Gasteiger partial charge is 0.320 e. The van der Waals surface area contributed by atoms with E-state index in [9.17, 15) is 9.90 Å². The summed E-state index contributed by atoms with van der Waals surface area (Å²) in [5, 5.41) is 9.62. The molecule has 0 saturated carbocycles. The number of nitrogens with zero attached hydrogens (tertiary/aromatic N) is 1. The van der Waals surface area contributed by atoms with Crippen LogP contribution in [0.15, 0.2) is 53.0 Å². The molecule has 2 aromatic rings. The van der Waals surface area contributed by atoms with Crippen molar-refractivity contribution in [2.45, 2.75) is 24.9 Å². The van der Waals surface area contributed by atoms with Crippen LogP contribution >= 0.6 is 15.9 Å². The summed E-state index contributed by atoms with van der Waals surface area (Å²) in [4.78, 5) is 13.8. The van der Waals surface area contributed by atoms with Crippen molar-refractivity contribution in [3.8, 4) is 5.75 Å². The molecule has 0 aromatic heterocycles. The van der Waals surface area contributed by atoms with Crippen molar-refractivity contribution in [3.05, 3.63) is 64.1 Å². The second kappa shape index (κ2) is 7.36. The first-order valence-corrected chi connectivity index (χ1v) is 8.78. The van der Waals surface area contributed by atoms with Gasteiger partial charge in [0.15, 0.2) is 0 Å². The summed E-state index contributed by atoms with van der Waals surface area (Å²) in [5.41, 5.74) is 2.06. The van der Waals surface area contributed by atoms with E-state index in [0.717, 1.165) is 34.3 Å². The van der Waals surface area contributed by atoms with Gasteiger partial charge >= 0.3 is 5.97 Å². The average Bonchev–Trinajstić information content (AvgIpc) is 3.07. The number of hydrogen-bond acceptors (Lipinski definition) is 3. The molecule has 0 spiro atoms. The van der Waals surface area contributed by atoms with Crippen molar-refractivity contribution >= 4 is 21.9 Å². The summed E-state index contributed by atoms with van der Waals surface area (Å²) in [5.74, 6) is 0.0194. The molecule has 2 unspecified atom stereocenters. The monoisotopic (exact) mass is 389 g/mol. The van der Waals surface area contributed by atoms with Gasteiger partial charge in [-0.2, -0.15) is 0 Å². The first kappa shape index (κ1) is 17.0. The third-order valence-corrected chi connectivity index (χ3v) is 5.06. The van der Waals surface area contributed by atoms with Crippen LogP contribution in [0, 0.1) is 0 Å². The largest absolute Gasteiger partial charge is 0.496 e. The van der Waals surface area contributed by atoms with E-state index in [1.165, 1.54) is 0 Å². The highest BCUT2D eigenvalue weighted by Gasteiger charge is 2.37. The predicted octanol–water partition coefficient (Wildman–Crippen LogP) is 4.10. The molecule has 4 nitrogen and oxygen atoms in total. The van der Waals surface area contributed by atoms with Crippen molar-refractivity contribution in [1.82, 2.24) is 4.90 Å². The van der Waals surface area contributed by atoms with Gasteiger partial charge in [-0.15, -0.1) is 0 Å². The van der Waals surface area contributed by atoms with Crippen LogP contribution in [0.25, 0.3) is 0 Å². The molecule has 0 bridgehead atoms. The van der Waals surface area contributed by atoms with Gasteiger partial charge in [-0.05, 0) is 36.6 Å². The molecule has 1 aliphatic rings. The van der Waals surface area contributed by atoms with Gasteiger partial charge < -0.3 is 9.84 Å². The number of methoxy groups -OCH3 is 1. The molecule has 1 heterocycles. The van der Waals surface area contributed by atoms with E-state index in [1.807, 2.05) is 48.5 Å². The third kappa shape index (κ3) is 3.32. The van der Waals surface area contributed by atoms with Crippen LogP contribution in [0.1, 0.15) is 30.0 Å². The van der Waals surface area contributed by atoms with Crippen LogP contribution < -0.4 is 4.74 Å². The normalized spacial score (nSPS) is 19.2. The predicted molar refractivity (Wildman–Crippen MR) is 96.3 cm³/mol. The SMILES string of the molecule is COc1ccccc1C(c1ccc(Br)cc1)N1CCCC1C(=O)O. The summed E-state index contributed by atoms with van der Waals surface area (Å²) in [6.45, 7) is 0.760. The number of likely N-dealkylation sites (tertiary alicyclic amines) is 1. The van der Waals surface area contributed by atoms with E-state index in [1.54, 1.807) is 7.11 Å². The van der Waals surface area contributed by atoms with Gasteiger partial charge in [-0.25, -0.2) is 0 Å². The number of halogens is 1. The minimum atomic E-state index is -0.760. The molecule has 1 N–H and O–H groups in total. The number of carbonyl (C=O) groups is 1. The van der Waals surface area contributed by atoms with E-state index in [-0.39, 0.29) is 6.04 Å². The zero-order chi connectivity index (χ0) is 17.1. The van der Waals surface area contributed by atoms with Crippen molar-refractivity contribution < 1.29 is 14.6 Å². The fourth-order valence-corrected chi connectivity index (χ4v) is 3.71. The summed E-state index contributed by atoms with van der Waals surface area (Å²) in [6.07, 6.45) is 1.57. The molecule has 126 valence electrons. The average molecular weight is 390 g/mol. The Morgan fingerprint density at radius 2 is 1.96 bits per heavy atom. The lowest BCUT2D eigenvalue weighted by Gasteiger charge is -2.32. The quantitative estimate of drug-likeness (QED) is 0.836. The Morgan fingerprint density at radius 1 is 1.25 bits per heavy atom. The van der Waals surface area contributed by atoms with Gasteiger partial charge in [0.25, 0.3) is 0 Å². The number of aliphatic carboxylic acids is 1. The number of hydrogen-bond donors (Lipinski definition) is 1. The maximum Gasteiger partial charge on any atom is 0.320 e.